The van der Waals surface area contributed by atoms with Gasteiger partial charge in [0.05, 0.1) is 18.0 Å². The fourth-order valence-corrected chi connectivity index (χ4v) is 2.38. The molecule has 1 amide bonds. The number of aliphatic carboxylic acids is 1. The zero-order chi connectivity index (χ0) is 13.7. The van der Waals surface area contributed by atoms with Crippen molar-refractivity contribution in [1.82, 2.24) is 5.32 Å². The summed E-state index contributed by atoms with van der Waals surface area (Å²) in [6, 6.07) is 10.3. The second-order valence-electron chi connectivity index (χ2n) is 4.05. The van der Waals surface area contributed by atoms with Crippen LogP contribution >= 0.6 is 11.3 Å². The molecule has 0 spiro atoms. The molecule has 0 aliphatic heterocycles. The summed E-state index contributed by atoms with van der Waals surface area (Å²) in [5.41, 5.74) is 1.34. The van der Waals surface area contributed by atoms with Gasteiger partial charge in [0, 0.05) is 5.38 Å². The molecule has 0 aliphatic rings. The fourth-order valence-electron chi connectivity index (χ4n) is 1.75. The number of nitrogens with one attached hydrogen (secondary N) is 1. The monoisotopic (exact) mass is 275 g/mol. The average Bonchev–Trinajstić information content (AvgIpc) is 2.92. The molecule has 19 heavy (non-hydrogen) atoms. The summed E-state index contributed by atoms with van der Waals surface area (Å²) in [5.74, 6) is -1.20. The van der Waals surface area contributed by atoms with Gasteiger partial charge in [0.15, 0.2) is 0 Å². The minimum atomic E-state index is -0.945. The Balaban J connectivity index is 2.15. The van der Waals surface area contributed by atoms with Gasteiger partial charge in [-0.3, -0.25) is 9.59 Å². The first kappa shape index (κ1) is 13.3. The van der Waals surface area contributed by atoms with Crippen LogP contribution in [0.4, 0.5) is 0 Å². The zero-order valence-corrected chi connectivity index (χ0v) is 10.9. The Bertz CT molecular complexity index is 551. The molecule has 0 bridgehead atoms. The molecule has 1 aromatic heterocycles. The third-order valence-corrected chi connectivity index (χ3v) is 3.35. The lowest BCUT2D eigenvalue weighted by molar-refractivity contribution is -0.137. The summed E-state index contributed by atoms with van der Waals surface area (Å²) >= 11 is 1.43. The van der Waals surface area contributed by atoms with Gasteiger partial charge >= 0.3 is 5.97 Å². The highest BCUT2D eigenvalue weighted by Crippen LogP contribution is 2.17. The van der Waals surface area contributed by atoms with Gasteiger partial charge in [0.25, 0.3) is 5.91 Å². The Morgan fingerprint density at radius 3 is 2.53 bits per heavy atom. The summed E-state index contributed by atoms with van der Waals surface area (Å²) in [6.45, 7) is 0. The van der Waals surface area contributed by atoms with Crippen LogP contribution in [0.15, 0.2) is 47.2 Å². The predicted molar refractivity (Wildman–Crippen MR) is 73.2 cm³/mol. The largest absolute Gasteiger partial charge is 0.481 e. The molecule has 1 heterocycles. The van der Waals surface area contributed by atoms with E-state index in [1.54, 1.807) is 11.4 Å². The first-order chi connectivity index (χ1) is 9.16. The molecule has 1 atom stereocenters. The Labute approximate surface area is 114 Å². The molecule has 5 heteroatoms. The van der Waals surface area contributed by atoms with E-state index in [1.165, 1.54) is 11.3 Å². The van der Waals surface area contributed by atoms with E-state index in [9.17, 15) is 9.59 Å². The van der Waals surface area contributed by atoms with Crippen LogP contribution in [0.3, 0.4) is 0 Å². The van der Waals surface area contributed by atoms with Crippen molar-refractivity contribution in [1.29, 1.82) is 0 Å². The van der Waals surface area contributed by atoms with Gasteiger partial charge in [0.2, 0.25) is 0 Å². The molecule has 98 valence electrons. The number of thiophene rings is 1. The van der Waals surface area contributed by atoms with Crippen LogP contribution in [-0.2, 0) is 4.79 Å². The minimum absolute atomic E-state index is 0.139. The third-order valence-electron chi connectivity index (χ3n) is 2.67. The Kier molecular flexibility index (Phi) is 4.30. The van der Waals surface area contributed by atoms with Crippen molar-refractivity contribution in [3.05, 3.63) is 58.3 Å². The maximum atomic E-state index is 12.0. The number of carbonyl (C=O) groups excluding carboxylic acids is 1. The maximum absolute atomic E-state index is 12.0. The van der Waals surface area contributed by atoms with Gasteiger partial charge in [-0.2, -0.15) is 11.3 Å². The number of carbonyl (C=O) groups is 2. The van der Waals surface area contributed by atoms with Crippen molar-refractivity contribution >= 4 is 23.2 Å². The number of hydrogen-bond donors (Lipinski definition) is 2. The van der Waals surface area contributed by atoms with Crippen LogP contribution in [0.1, 0.15) is 28.4 Å². The summed E-state index contributed by atoms with van der Waals surface area (Å²) in [6.07, 6.45) is -0.139. The van der Waals surface area contributed by atoms with Crippen molar-refractivity contribution in [2.24, 2.45) is 0 Å². The van der Waals surface area contributed by atoms with E-state index in [0.717, 1.165) is 5.56 Å². The minimum Gasteiger partial charge on any atom is -0.481 e. The molecule has 2 rings (SSSR count). The number of carboxylic acids is 1. The molecule has 0 fully saturated rings. The number of benzene rings is 1. The lowest BCUT2D eigenvalue weighted by atomic mass is 10.0. The zero-order valence-electron chi connectivity index (χ0n) is 10.1. The van der Waals surface area contributed by atoms with Crippen molar-refractivity contribution < 1.29 is 14.7 Å². The van der Waals surface area contributed by atoms with E-state index in [-0.39, 0.29) is 12.3 Å². The van der Waals surface area contributed by atoms with Crippen LogP contribution in [0.5, 0.6) is 0 Å². The molecular formula is C14H13NO3S. The highest BCUT2D eigenvalue weighted by atomic mass is 32.1. The topological polar surface area (TPSA) is 66.4 Å². The molecule has 0 saturated heterocycles. The summed E-state index contributed by atoms with van der Waals surface area (Å²) in [5, 5.41) is 15.2. The van der Waals surface area contributed by atoms with Gasteiger partial charge in [-0.15, -0.1) is 0 Å². The fraction of sp³-hybridized carbons (Fsp3) is 0.143. The van der Waals surface area contributed by atoms with Gasteiger partial charge in [0.1, 0.15) is 0 Å². The number of carboxylic acid groups (broad SMARTS) is 1. The smallest absolute Gasteiger partial charge is 0.305 e. The van der Waals surface area contributed by atoms with E-state index in [4.69, 9.17) is 5.11 Å². The second kappa shape index (κ2) is 6.15. The van der Waals surface area contributed by atoms with Gasteiger partial charge in [-0.1, -0.05) is 30.3 Å². The van der Waals surface area contributed by atoms with Crippen molar-refractivity contribution in [3.63, 3.8) is 0 Å². The van der Waals surface area contributed by atoms with E-state index in [2.05, 4.69) is 5.32 Å². The van der Waals surface area contributed by atoms with Crippen molar-refractivity contribution in [3.8, 4) is 0 Å². The highest BCUT2D eigenvalue weighted by molar-refractivity contribution is 7.08. The molecule has 0 aliphatic carbocycles. The van der Waals surface area contributed by atoms with Crippen molar-refractivity contribution in [2.45, 2.75) is 12.5 Å². The lowest BCUT2D eigenvalue weighted by Crippen LogP contribution is -2.29. The summed E-state index contributed by atoms with van der Waals surface area (Å²) < 4.78 is 0. The van der Waals surface area contributed by atoms with Crippen LogP contribution in [0.2, 0.25) is 0 Å². The van der Waals surface area contributed by atoms with E-state index >= 15 is 0 Å². The van der Waals surface area contributed by atoms with Gasteiger partial charge < -0.3 is 10.4 Å². The molecule has 0 saturated carbocycles. The molecular weight excluding hydrogens is 262 g/mol. The van der Waals surface area contributed by atoms with E-state index < -0.39 is 12.0 Å². The highest BCUT2D eigenvalue weighted by Gasteiger charge is 2.18. The molecule has 0 radical (unpaired) electrons. The standard InChI is InChI=1S/C14H13NO3S/c16-13(17)8-12(10-4-2-1-3-5-10)15-14(18)11-6-7-19-9-11/h1-7,9,12H,8H2,(H,15,18)(H,16,17)/t12-/m1/s1. The number of rotatable bonds is 5. The van der Waals surface area contributed by atoms with Crippen LogP contribution < -0.4 is 5.32 Å². The predicted octanol–water partition coefficient (Wildman–Crippen LogP) is 2.69. The molecule has 1 aromatic carbocycles. The number of amides is 1. The quantitative estimate of drug-likeness (QED) is 0.881. The SMILES string of the molecule is O=C(O)C[C@@H](NC(=O)c1ccsc1)c1ccccc1. The average molecular weight is 275 g/mol. The normalized spacial score (nSPS) is 11.8. The summed E-state index contributed by atoms with van der Waals surface area (Å²) in [4.78, 5) is 22.9. The Morgan fingerprint density at radius 2 is 1.95 bits per heavy atom. The van der Waals surface area contributed by atoms with Crippen LogP contribution in [0.25, 0.3) is 0 Å². The third kappa shape index (κ3) is 3.66. The second-order valence-corrected chi connectivity index (χ2v) is 4.83. The first-order valence-electron chi connectivity index (χ1n) is 5.76. The lowest BCUT2D eigenvalue weighted by Gasteiger charge is -2.17. The van der Waals surface area contributed by atoms with Crippen LogP contribution in [-0.4, -0.2) is 17.0 Å². The van der Waals surface area contributed by atoms with E-state index in [0.29, 0.717) is 5.56 Å². The molecule has 2 aromatic rings. The summed E-state index contributed by atoms with van der Waals surface area (Å²) in [7, 11) is 0. The van der Waals surface area contributed by atoms with Crippen LogP contribution in [0, 0.1) is 0 Å². The Morgan fingerprint density at radius 1 is 1.21 bits per heavy atom. The Hall–Kier alpha value is -2.14. The van der Waals surface area contributed by atoms with E-state index in [1.807, 2.05) is 35.7 Å². The molecule has 0 unspecified atom stereocenters. The van der Waals surface area contributed by atoms with Crippen molar-refractivity contribution in [2.75, 3.05) is 0 Å². The van der Waals surface area contributed by atoms with Gasteiger partial charge in [-0.25, -0.2) is 0 Å². The molecule has 4 nitrogen and oxygen atoms in total. The maximum Gasteiger partial charge on any atom is 0.305 e. The van der Waals surface area contributed by atoms with Gasteiger partial charge in [-0.05, 0) is 17.0 Å². The first-order valence-corrected chi connectivity index (χ1v) is 6.71. The molecule has 2 N–H and O–H groups in total. The number of hydrogen-bond acceptors (Lipinski definition) is 3.